The number of aliphatic hydroxyl groups is 1. The summed E-state index contributed by atoms with van der Waals surface area (Å²) in [7, 11) is -3.10. The smallest absolute Gasteiger partial charge is 0.223 e. The molecule has 0 aromatic carbocycles. The minimum atomic E-state index is -3.10. The fraction of sp³-hybridized carbons (Fsp3) is 0.889. The Kier molecular flexibility index (Phi) is 5.82. The van der Waals surface area contributed by atoms with Gasteiger partial charge in [0.25, 0.3) is 0 Å². The number of hydrogen-bond donors (Lipinski definition) is 1. The second-order valence-electron chi connectivity index (χ2n) is 3.78. The molecule has 0 atom stereocenters. The van der Waals surface area contributed by atoms with E-state index in [-0.39, 0.29) is 37.3 Å². The first kappa shape index (κ1) is 14.4. The van der Waals surface area contributed by atoms with Gasteiger partial charge in [-0.1, -0.05) is 0 Å². The molecule has 0 aliphatic heterocycles. The summed E-state index contributed by atoms with van der Waals surface area (Å²) in [4.78, 5) is 13.0. The molecule has 0 heterocycles. The van der Waals surface area contributed by atoms with Crippen LogP contribution < -0.4 is 0 Å². The number of carbonyl (C=O) groups excluding carboxylic acids is 1. The number of nitrogens with zero attached hydrogens (tertiary/aromatic N) is 1. The van der Waals surface area contributed by atoms with E-state index in [0.29, 0.717) is 0 Å². The molecule has 1 N–H and O–H groups in total. The fourth-order valence-electron chi connectivity index (χ4n) is 1.19. The van der Waals surface area contributed by atoms with E-state index >= 15 is 0 Å². The summed E-state index contributed by atoms with van der Waals surface area (Å²) < 4.78 is 21.7. The zero-order chi connectivity index (χ0) is 12.1. The first-order valence-electron chi connectivity index (χ1n) is 4.86. The third-order valence-corrected chi connectivity index (χ3v) is 2.92. The molecule has 1 amide bonds. The molecule has 0 unspecified atom stereocenters. The molecule has 6 heteroatoms. The average molecular weight is 237 g/mol. The first-order valence-corrected chi connectivity index (χ1v) is 6.92. The lowest BCUT2D eigenvalue weighted by Gasteiger charge is -2.25. The molecular formula is C9H19NO4S. The zero-order valence-electron chi connectivity index (χ0n) is 9.43. The van der Waals surface area contributed by atoms with Crippen LogP contribution in [0.4, 0.5) is 0 Å². The van der Waals surface area contributed by atoms with Crippen LogP contribution in [0.1, 0.15) is 20.3 Å². The normalized spacial score (nSPS) is 11.8. The summed E-state index contributed by atoms with van der Waals surface area (Å²) in [5.74, 6) is -0.370. The lowest BCUT2D eigenvalue weighted by Crippen LogP contribution is -2.39. The highest BCUT2D eigenvalue weighted by molar-refractivity contribution is 7.90. The van der Waals surface area contributed by atoms with Crippen molar-refractivity contribution in [3.8, 4) is 0 Å². The molecule has 0 rings (SSSR count). The van der Waals surface area contributed by atoms with Gasteiger partial charge in [-0.05, 0) is 13.8 Å². The molecule has 0 aliphatic rings. The molecule has 0 bridgehead atoms. The van der Waals surface area contributed by atoms with Crippen LogP contribution in [0.3, 0.4) is 0 Å². The molecule has 15 heavy (non-hydrogen) atoms. The average Bonchev–Trinajstić information content (AvgIpc) is 2.08. The highest BCUT2D eigenvalue weighted by Crippen LogP contribution is 2.02. The molecule has 0 aliphatic carbocycles. The molecule has 0 fully saturated rings. The van der Waals surface area contributed by atoms with Crippen molar-refractivity contribution in [3.05, 3.63) is 0 Å². The van der Waals surface area contributed by atoms with E-state index in [4.69, 9.17) is 5.11 Å². The lowest BCUT2D eigenvalue weighted by atomic mass is 10.3. The molecule has 0 aromatic heterocycles. The van der Waals surface area contributed by atoms with Gasteiger partial charge >= 0.3 is 0 Å². The Morgan fingerprint density at radius 2 is 1.93 bits per heavy atom. The van der Waals surface area contributed by atoms with Crippen molar-refractivity contribution >= 4 is 15.7 Å². The summed E-state index contributed by atoms with van der Waals surface area (Å²) in [5, 5.41) is 8.75. The second kappa shape index (κ2) is 6.07. The summed E-state index contributed by atoms with van der Waals surface area (Å²) in [6.45, 7) is 3.80. The highest BCUT2D eigenvalue weighted by atomic mass is 32.2. The van der Waals surface area contributed by atoms with Crippen LogP contribution in [0.15, 0.2) is 0 Å². The van der Waals surface area contributed by atoms with E-state index in [1.165, 1.54) is 4.90 Å². The second-order valence-corrected chi connectivity index (χ2v) is 6.04. The molecule has 0 spiro atoms. The number of amides is 1. The number of aliphatic hydroxyl groups excluding tert-OH is 1. The lowest BCUT2D eigenvalue weighted by molar-refractivity contribution is -0.133. The predicted molar refractivity (Wildman–Crippen MR) is 58.3 cm³/mol. The van der Waals surface area contributed by atoms with Gasteiger partial charge in [0.1, 0.15) is 9.84 Å². The Balaban J connectivity index is 4.27. The minimum absolute atomic E-state index is 0.0169. The number of sulfone groups is 1. The Bertz CT molecular complexity index is 297. The Hall–Kier alpha value is -0.620. The number of carbonyl (C=O) groups is 1. The number of hydrogen-bond acceptors (Lipinski definition) is 4. The van der Waals surface area contributed by atoms with Crippen LogP contribution in [0.5, 0.6) is 0 Å². The summed E-state index contributed by atoms with van der Waals surface area (Å²) in [6.07, 6.45) is 1.09. The van der Waals surface area contributed by atoms with Crippen LogP contribution >= 0.6 is 0 Å². The van der Waals surface area contributed by atoms with Gasteiger partial charge < -0.3 is 10.0 Å². The number of rotatable bonds is 6. The highest BCUT2D eigenvalue weighted by Gasteiger charge is 2.17. The van der Waals surface area contributed by atoms with Crippen LogP contribution in [-0.4, -0.2) is 55.5 Å². The quantitative estimate of drug-likeness (QED) is 0.685. The van der Waals surface area contributed by atoms with Gasteiger partial charge in [-0.3, -0.25) is 4.79 Å². The van der Waals surface area contributed by atoms with Gasteiger partial charge in [0.2, 0.25) is 5.91 Å². The molecule has 0 saturated carbocycles. The Labute approximate surface area is 91.0 Å². The molecule has 0 saturated heterocycles. The van der Waals surface area contributed by atoms with E-state index in [0.717, 1.165) is 6.26 Å². The van der Waals surface area contributed by atoms with Crippen molar-refractivity contribution in [3.63, 3.8) is 0 Å². The maximum Gasteiger partial charge on any atom is 0.223 e. The van der Waals surface area contributed by atoms with Crippen molar-refractivity contribution < 1.29 is 18.3 Å². The van der Waals surface area contributed by atoms with Gasteiger partial charge in [-0.2, -0.15) is 0 Å². The van der Waals surface area contributed by atoms with Crippen LogP contribution in [0.25, 0.3) is 0 Å². The van der Waals surface area contributed by atoms with Crippen LogP contribution in [-0.2, 0) is 14.6 Å². The predicted octanol–water partition coefficient (Wildman–Crippen LogP) is -0.350. The molecule has 90 valence electrons. The molecular weight excluding hydrogens is 218 g/mol. The SMILES string of the molecule is CC(C)N(CCO)C(=O)CCS(C)(=O)=O. The molecule has 0 radical (unpaired) electrons. The summed E-state index contributed by atoms with van der Waals surface area (Å²) in [5.41, 5.74) is 0. The van der Waals surface area contributed by atoms with E-state index in [2.05, 4.69) is 0 Å². The first-order chi connectivity index (χ1) is 6.78. The third kappa shape index (κ3) is 6.46. The van der Waals surface area contributed by atoms with Crippen molar-refractivity contribution in [2.45, 2.75) is 26.3 Å². The van der Waals surface area contributed by atoms with Crippen molar-refractivity contribution in [1.82, 2.24) is 4.90 Å². The zero-order valence-corrected chi connectivity index (χ0v) is 10.2. The largest absolute Gasteiger partial charge is 0.395 e. The molecule has 5 nitrogen and oxygen atoms in total. The van der Waals surface area contributed by atoms with E-state index in [9.17, 15) is 13.2 Å². The van der Waals surface area contributed by atoms with Gasteiger partial charge in [-0.25, -0.2) is 8.42 Å². The van der Waals surface area contributed by atoms with Crippen LogP contribution in [0, 0.1) is 0 Å². The maximum atomic E-state index is 11.6. The summed E-state index contributed by atoms with van der Waals surface area (Å²) in [6, 6.07) is -0.0239. The standard InChI is InChI=1S/C9H19NO4S/c1-8(2)10(5-6-11)9(12)4-7-15(3,13)14/h8,11H,4-7H2,1-3H3. The van der Waals surface area contributed by atoms with Gasteiger partial charge in [0.05, 0.1) is 12.4 Å². The van der Waals surface area contributed by atoms with E-state index in [1.54, 1.807) is 0 Å². The summed E-state index contributed by atoms with van der Waals surface area (Å²) >= 11 is 0. The fourth-order valence-corrected chi connectivity index (χ4v) is 1.74. The van der Waals surface area contributed by atoms with Gasteiger partial charge in [0.15, 0.2) is 0 Å². The van der Waals surface area contributed by atoms with E-state index < -0.39 is 9.84 Å². The van der Waals surface area contributed by atoms with Crippen molar-refractivity contribution in [2.24, 2.45) is 0 Å². The van der Waals surface area contributed by atoms with Crippen molar-refractivity contribution in [1.29, 1.82) is 0 Å². The minimum Gasteiger partial charge on any atom is -0.395 e. The van der Waals surface area contributed by atoms with Gasteiger partial charge in [0, 0.05) is 25.3 Å². The Morgan fingerprint density at radius 1 is 1.40 bits per heavy atom. The van der Waals surface area contributed by atoms with E-state index in [1.807, 2.05) is 13.8 Å². The third-order valence-electron chi connectivity index (χ3n) is 1.97. The maximum absolute atomic E-state index is 11.6. The van der Waals surface area contributed by atoms with Gasteiger partial charge in [-0.15, -0.1) is 0 Å². The topological polar surface area (TPSA) is 74.7 Å². The monoisotopic (exact) mass is 237 g/mol. The Morgan fingerprint density at radius 3 is 2.27 bits per heavy atom. The molecule has 0 aromatic rings. The van der Waals surface area contributed by atoms with Crippen LogP contribution in [0.2, 0.25) is 0 Å². The van der Waals surface area contributed by atoms with Crippen molar-refractivity contribution in [2.75, 3.05) is 25.2 Å².